The van der Waals surface area contributed by atoms with Crippen LogP contribution in [0.5, 0.6) is 5.75 Å². The van der Waals surface area contributed by atoms with E-state index >= 15 is 0 Å². The van der Waals surface area contributed by atoms with Gasteiger partial charge in [-0.15, -0.1) is 0 Å². The van der Waals surface area contributed by atoms with E-state index in [4.69, 9.17) is 9.47 Å². The topological polar surface area (TPSA) is 73.9 Å². The zero-order valence-corrected chi connectivity index (χ0v) is 13.5. The maximum Gasteiger partial charge on any atom is 0.407 e. The first kappa shape index (κ1) is 17.8. The molecule has 22 heavy (non-hydrogen) atoms. The van der Waals surface area contributed by atoms with E-state index in [1.54, 1.807) is 45.0 Å². The van der Waals surface area contributed by atoms with Crippen molar-refractivity contribution in [3.8, 4) is 5.75 Å². The predicted octanol–water partition coefficient (Wildman–Crippen LogP) is 2.31. The lowest BCUT2D eigenvalue weighted by Gasteiger charge is -2.19. The van der Waals surface area contributed by atoms with Gasteiger partial charge in [0, 0.05) is 0 Å². The van der Waals surface area contributed by atoms with Crippen LogP contribution in [0.3, 0.4) is 0 Å². The smallest absolute Gasteiger partial charge is 0.407 e. The van der Waals surface area contributed by atoms with Crippen LogP contribution in [0.2, 0.25) is 0 Å². The van der Waals surface area contributed by atoms with Crippen molar-refractivity contribution in [3.05, 3.63) is 29.8 Å². The van der Waals surface area contributed by atoms with E-state index in [0.717, 1.165) is 5.56 Å². The highest BCUT2D eigenvalue weighted by molar-refractivity contribution is 5.72. The Labute approximate surface area is 130 Å². The molecule has 122 valence electrons. The van der Waals surface area contributed by atoms with E-state index in [-0.39, 0.29) is 12.4 Å². The Kier molecular flexibility index (Phi) is 6.69. The summed E-state index contributed by atoms with van der Waals surface area (Å²) >= 11 is 0. The number of carbonyl (C=O) groups excluding carboxylic acids is 2. The van der Waals surface area contributed by atoms with Crippen LogP contribution in [0, 0.1) is 0 Å². The average molecular weight is 309 g/mol. The number of nitrogens with one attached hydrogen (secondary N) is 1. The molecule has 0 radical (unpaired) electrons. The summed E-state index contributed by atoms with van der Waals surface area (Å²) < 4.78 is 15.2. The molecule has 0 spiro atoms. The maximum atomic E-state index is 11.4. The van der Waals surface area contributed by atoms with Gasteiger partial charge >= 0.3 is 12.1 Å². The van der Waals surface area contributed by atoms with Crippen molar-refractivity contribution in [3.63, 3.8) is 0 Å². The summed E-state index contributed by atoms with van der Waals surface area (Å²) in [5, 5.41) is 2.61. The number of rotatable bonds is 6. The molecule has 0 aliphatic rings. The second-order valence-electron chi connectivity index (χ2n) is 5.67. The zero-order chi connectivity index (χ0) is 16.6. The summed E-state index contributed by atoms with van der Waals surface area (Å²) in [6, 6.07) is 7.14. The molecule has 0 bridgehead atoms. The predicted molar refractivity (Wildman–Crippen MR) is 81.9 cm³/mol. The molecule has 0 heterocycles. The Balaban J connectivity index is 2.28. The Morgan fingerprint density at radius 3 is 2.32 bits per heavy atom. The van der Waals surface area contributed by atoms with Crippen molar-refractivity contribution < 1.29 is 23.8 Å². The second-order valence-corrected chi connectivity index (χ2v) is 5.67. The molecule has 0 aliphatic carbocycles. The molecule has 6 heteroatoms. The van der Waals surface area contributed by atoms with Gasteiger partial charge in [-0.1, -0.05) is 12.1 Å². The Morgan fingerprint density at radius 2 is 1.77 bits per heavy atom. The molecular formula is C16H23NO5. The van der Waals surface area contributed by atoms with Gasteiger partial charge in [0.05, 0.1) is 20.1 Å². The highest BCUT2D eigenvalue weighted by atomic mass is 16.6. The van der Waals surface area contributed by atoms with E-state index in [1.807, 2.05) is 0 Å². The fraction of sp³-hybridized carbons (Fsp3) is 0.500. The first-order valence-electron chi connectivity index (χ1n) is 7.05. The van der Waals surface area contributed by atoms with E-state index < -0.39 is 11.7 Å². The minimum atomic E-state index is -0.513. The molecule has 1 N–H and O–H groups in total. The summed E-state index contributed by atoms with van der Waals surface area (Å²) in [6.45, 7) is 6.09. The number of esters is 1. The van der Waals surface area contributed by atoms with Crippen molar-refractivity contribution in [1.29, 1.82) is 0 Å². The average Bonchev–Trinajstić information content (AvgIpc) is 2.43. The lowest BCUT2D eigenvalue weighted by atomic mass is 10.1. The number of alkyl carbamates (subject to hydrolysis) is 1. The van der Waals surface area contributed by atoms with E-state index in [1.165, 1.54) is 7.11 Å². The molecule has 0 fully saturated rings. The van der Waals surface area contributed by atoms with Gasteiger partial charge in [-0.05, 0) is 38.5 Å². The summed E-state index contributed by atoms with van der Waals surface area (Å²) in [7, 11) is 1.36. The molecule has 1 aromatic carbocycles. The number of hydrogen-bond donors (Lipinski definition) is 1. The lowest BCUT2D eigenvalue weighted by Crippen LogP contribution is -2.34. The van der Waals surface area contributed by atoms with Crippen molar-refractivity contribution in [1.82, 2.24) is 5.32 Å². The third-order valence-corrected chi connectivity index (χ3v) is 2.54. The van der Waals surface area contributed by atoms with Crippen LogP contribution < -0.4 is 10.1 Å². The Morgan fingerprint density at radius 1 is 1.14 bits per heavy atom. The molecule has 0 aromatic heterocycles. The van der Waals surface area contributed by atoms with Crippen LogP contribution >= 0.6 is 0 Å². The first-order valence-corrected chi connectivity index (χ1v) is 7.05. The van der Waals surface area contributed by atoms with Crippen LogP contribution in [-0.2, 0) is 20.7 Å². The third kappa shape index (κ3) is 7.52. The van der Waals surface area contributed by atoms with E-state index in [0.29, 0.717) is 18.9 Å². The van der Waals surface area contributed by atoms with Gasteiger partial charge < -0.3 is 19.5 Å². The van der Waals surface area contributed by atoms with Crippen molar-refractivity contribution >= 4 is 12.1 Å². The Bertz CT molecular complexity index is 490. The number of carbonyl (C=O) groups is 2. The molecule has 0 atom stereocenters. The molecule has 6 nitrogen and oxygen atoms in total. The molecule has 0 aliphatic heterocycles. The highest BCUT2D eigenvalue weighted by Gasteiger charge is 2.15. The largest absolute Gasteiger partial charge is 0.492 e. The van der Waals surface area contributed by atoms with E-state index in [2.05, 4.69) is 10.1 Å². The fourth-order valence-electron chi connectivity index (χ4n) is 1.58. The van der Waals surface area contributed by atoms with Crippen molar-refractivity contribution in [2.75, 3.05) is 20.3 Å². The van der Waals surface area contributed by atoms with Crippen LogP contribution in [0.25, 0.3) is 0 Å². The van der Waals surface area contributed by atoms with Crippen LogP contribution in [0.4, 0.5) is 4.79 Å². The minimum absolute atomic E-state index is 0.233. The summed E-state index contributed by atoms with van der Waals surface area (Å²) in [6.07, 6.45) is -0.235. The van der Waals surface area contributed by atoms with Crippen molar-refractivity contribution in [2.45, 2.75) is 32.8 Å². The number of hydrogen-bond acceptors (Lipinski definition) is 5. The summed E-state index contributed by atoms with van der Waals surface area (Å²) in [4.78, 5) is 22.5. The number of methoxy groups -OCH3 is 1. The number of benzene rings is 1. The van der Waals surface area contributed by atoms with Gasteiger partial charge in [0.1, 0.15) is 18.0 Å². The van der Waals surface area contributed by atoms with Crippen LogP contribution in [-0.4, -0.2) is 37.9 Å². The molecule has 1 aromatic rings. The van der Waals surface area contributed by atoms with Gasteiger partial charge in [-0.25, -0.2) is 4.79 Å². The summed E-state index contributed by atoms with van der Waals surface area (Å²) in [5.74, 6) is 0.384. The number of amides is 1. The summed E-state index contributed by atoms with van der Waals surface area (Å²) in [5.41, 5.74) is 0.339. The molecule has 0 saturated heterocycles. The molecular weight excluding hydrogens is 286 g/mol. The highest BCUT2D eigenvalue weighted by Crippen LogP contribution is 2.12. The molecule has 1 amide bonds. The molecule has 1 rings (SSSR count). The molecule has 0 saturated carbocycles. The second kappa shape index (κ2) is 8.26. The van der Waals surface area contributed by atoms with Gasteiger partial charge in [0.2, 0.25) is 0 Å². The Hall–Kier alpha value is -2.24. The quantitative estimate of drug-likeness (QED) is 0.645. The monoisotopic (exact) mass is 309 g/mol. The van der Waals surface area contributed by atoms with Crippen LogP contribution in [0.15, 0.2) is 24.3 Å². The maximum absolute atomic E-state index is 11.4. The fourth-order valence-corrected chi connectivity index (χ4v) is 1.58. The number of ether oxygens (including phenoxy) is 3. The van der Waals surface area contributed by atoms with Crippen LogP contribution in [0.1, 0.15) is 26.3 Å². The third-order valence-electron chi connectivity index (χ3n) is 2.54. The molecule has 0 unspecified atom stereocenters. The van der Waals surface area contributed by atoms with E-state index in [9.17, 15) is 9.59 Å². The minimum Gasteiger partial charge on any atom is -0.492 e. The lowest BCUT2D eigenvalue weighted by molar-refractivity contribution is -0.139. The SMILES string of the molecule is COC(=O)Cc1ccc(OCCNC(=O)OC(C)(C)C)cc1. The van der Waals surface area contributed by atoms with Gasteiger partial charge in [0.25, 0.3) is 0 Å². The normalized spacial score (nSPS) is 10.7. The zero-order valence-electron chi connectivity index (χ0n) is 13.5. The van der Waals surface area contributed by atoms with Crippen molar-refractivity contribution in [2.24, 2.45) is 0 Å². The van der Waals surface area contributed by atoms with Gasteiger partial charge in [-0.2, -0.15) is 0 Å². The standard InChI is InChI=1S/C16H23NO5/c1-16(2,3)22-15(19)17-9-10-21-13-7-5-12(6-8-13)11-14(18)20-4/h5-8H,9-11H2,1-4H3,(H,17,19). The van der Waals surface area contributed by atoms with Gasteiger partial charge in [0.15, 0.2) is 0 Å². The first-order chi connectivity index (χ1) is 10.3. The van der Waals surface area contributed by atoms with Gasteiger partial charge in [-0.3, -0.25) is 4.79 Å².